The summed E-state index contributed by atoms with van der Waals surface area (Å²) in [7, 11) is 0. The molecule has 3 aliphatic rings. The van der Waals surface area contributed by atoms with E-state index < -0.39 is 6.04 Å². The largest absolute Gasteiger partial charge is 0.345 e. The van der Waals surface area contributed by atoms with Gasteiger partial charge in [0.05, 0.1) is 23.7 Å². The van der Waals surface area contributed by atoms with Crippen LogP contribution in [0.2, 0.25) is 0 Å². The summed E-state index contributed by atoms with van der Waals surface area (Å²) in [5.74, 6) is -0.845. The minimum absolute atomic E-state index is 0.0821. The molecule has 2 aromatic carbocycles. The second-order valence-electron chi connectivity index (χ2n) is 7.77. The molecule has 2 aromatic rings. The summed E-state index contributed by atoms with van der Waals surface area (Å²) in [4.78, 5) is 51.6. The highest BCUT2D eigenvalue weighted by atomic mass is 16.2. The average Bonchev–Trinajstić information content (AvgIpc) is 3.32. The Bertz CT molecular complexity index is 1100. The van der Waals surface area contributed by atoms with E-state index in [1.807, 2.05) is 12.1 Å². The third kappa shape index (κ3) is 3.01. The molecule has 1 fully saturated rings. The standard InChI is InChI=1S/C22H20N4O4/c27-19(11-17-13-4-1-2-5-14(13)20(28)25-17)23-12-7-8-16-15(10-12)22(30)26-9-3-6-18(26)21(29)24-16/h1-2,4-5,7-8,10,17-18H,3,6,9,11H2,(H,23,27)(H,24,29)(H,25,28)/t17-,18-/m0/s1. The molecule has 0 aromatic heterocycles. The molecule has 152 valence electrons. The van der Waals surface area contributed by atoms with Crippen molar-refractivity contribution in [3.05, 3.63) is 59.2 Å². The molecule has 3 N–H and O–H groups in total. The van der Waals surface area contributed by atoms with Crippen LogP contribution in [0.1, 0.15) is 51.6 Å². The molecule has 8 heteroatoms. The molecule has 0 aliphatic carbocycles. The van der Waals surface area contributed by atoms with Crippen molar-refractivity contribution in [1.82, 2.24) is 10.2 Å². The first kappa shape index (κ1) is 18.4. The predicted octanol–water partition coefficient (Wildman–Crippen LogP) is 2.06. The molecule has 30 heavy (non-hydrogen) atoms. The van der Waals surface area contributed by atoms with Crippen LogP contribution in [0.25, 0.3) is 0 Å². The molecule has 0 unspecified atom stereocenters. The predicted molar refractivity (Wildman–Crippen MR) is 109 cm³/mol. The minimum Gasteiger partial charge on any atom is -0.345 e. The number of amides is 4. The number of rotatable bonds is 3. The van der Waals surface area contributed by atoms with Crippen LogP contribution in [0, 0.1) is 0 Å². The minimum atomic E-state index is -0.436. The molecule has 3 aliphatic heterocycles. The van der Waals surface area contributed by atoms with Crippen LogP contribution in [-0.2, 0) is 9.59 Å². The van der Waals surface area contributed by atoms with Gasteiger partial charge in [-0.2, -0.15) is 0 Å². The number of hydrogen-bond acceptors (Lipinski definition) is 4. The highest BCUT2D eigenvalue weighted by Crippen LogP contribution is 2.31. The Morgan fingerprint density at radius 3 is 2.80 bits per heavy atom. The molecule has 8 nitrogen and oxygen atoms in total. The van der Waals surface area contributed by atoms with Crippen LogP contribution in [-0.4, -0.2) is 41.1 Å². The van der Waals surface area contributed by atoms with Crippen LogP contribution in [0.4, 0.5) is 11.4 Å². The van der Waals surface area contributed by atoms with E-state index in [0.29, 0.717) is 35.5 Å². The Labute approximate surface area is 172 Å². The number of fused-ring (bicyclic) bond motifs is 3. The lowest BCUT2D eigenvalue weighted by molar-refractivity contribution is -0.119. The summed E-state index contributed by atoms with van der Waals surface area (Å²) in [6.07, 6.45) is 1.53. The van der Waals surface area contributed by atoms with Crippen molar-refractivity contribution in [1.29, 1.82) is 0 Å². The summed E-state index contributed by atoms with van der Waals surface area (Å²) in [5, 5.41) is 8.44. The fourth-order valence-electron chi connectivity index (χ4n) is 4.44. The van der Waals surface area contributed by atoms with E-state index in [1.165, 1.54) is 0 Å². The van der Waals surface area contributed by atoms with Crippen molar-refractivity contribution in [3.8, 4) is 0 Å². The third-order valence-corrected chi connectivity index (χ3v) is 5.88. The highest BCUT2D eigenvalue weighted by molar-refractivity contribution is 6.11. The number of hydrogen-bond donors (Lipinski definition) is 3. The van der Waals surface area contributed by atoms with Gasteiger partial charge in [0.2, 0.25) is 11.8 Å². The van der Waals surface area contributed by atoms with Gasteiger partial charge in [0.1, 0.15) is 6.04 Å². The molecule has 4 amide bonds. The Morgan fingerprint density at radius 1 is 1.10 bits per heavy atom. The van der Waals surface area contributed by atoms with E-state index in [9.17, 15) is 19.2 Å². The maximum Gasteiger partial charge on any atom is 0.256 e. The molecular weight excluding hydrogens is 384 g/mol. The van der Waals surface area contributed by atoms with Gasteiger partial charge in [-0.25, -0.2) is 0 Å². The van der Waals surface area contributed by atoms with Crippen LogP contribution >= 0.6 is 0 Å². The van der Waals surface area contributed by atoms with Crippen molar-refractivity contribution in [2.45, 2.75) is 31.3 Å². The lowest BCUT2D eigenvalue weighted by Crippen LogP contribution is -2.40. The van der Waals surface area contributed by atoms with E-state index in [-0.39, 0.29) is 36.1 Å². The van der Waals surface area contributed by atoms with Crippen LogP contribution in [0.15, 0.2) is 42.5 Å². The Balaban J connectivity index is 1.34. The topological polar surface area (TPSA) is 108 Å². The van der Waals surface area contributed by atoms with Crippen molar-refractivity contribution >= 4 is 35.0 Å². The van der Waals surface area contributed by atoms with Gasteiger partial charge in [0.25, 0.3) is 11.8 Å². The Morgan fingerprint density at radius 2 is 1.93 bits per heavy atom. The van der Waals surface area contributed by atoms with Crippen molar-refractivity contribution in [3.63, 3.8) is 0 Å². The molecule has 2 atom stereocenters. The van der Waals surface area contributed by atoms with Crippen molar-refractivity contribution in [2.75, 3.05) is 17.2 Å². The van der Waals surface area contributed by atoms with E-state index >= 15 is 0 Å². The quantitative estimate of drug-likeness (QED) is 0.728. The summed E-state index contributed by atoms with van der Waals surface area (Å²) < 4.78 is 0. The summed E-state index contributed by atoms with van der Waals surface area (Å²) in [5.41, 5.74) is 2.68. The first-order valence-electron chi connectivity index (χ1n) is 9.97. The fraction of sp³-hybridized carbons (Fsp3) is 0.273. The molecule has 0 saturated carbocycles. The van der Waals surface area contributed by atoms with E-state index in [1.54, 1.807) is 35.2 Å². The Kier molecular flexibility index (Phi) is 4.27. The van der Waals surface area contributed by atoms with E-state index in [4.69, 9.17) is 0 Å². The highest BCUT2D eigenvalue weighted by Gasteiger charge is 2.38. The molecule has 3 heterocycles. The number of anilines is 2. The number of nitrogens with zero attached hydrogens (tertiary/aromatic N) is 1. The van der Waals surface area contributed by atoms with Crippen LogP contribution in [0.3, 0.4) is 0 Å². The SMILES string of the molecule is O=C(C[C@@H]1NC(=O)c2ccccc21)Nc1ccc2c(c1)C(=O)N1CCC[C@H]1C(=O)N2. The number of carbonyl (C=O) groups is 4. The zero-order chi connectivity index (χ0) is 20.8. The van der Waals surface area contributed by atoms with Crippen LogP contribution < -0.4 is 16.0 Å². The summed E-state index contributed by atoms with van der Waals surface area (Å²) in [6.45, 7) is 0.549. The normalized spacial score (nSPS) is 21.9. The van der Waals surface area contributed by atoms with E-state index in [2.05, 4.69) is 16.0 Å². The van der Waals surface area contributed by atoms with Gasteiger partial charge in [-0.15, -0.1) is 0 Å². The molecule has 5 rings (SSSR count). The van der Waals surface area contributed by atoms with E-state index in [0.717, 1.165) is 12.0 Å². The van der Waals surface area contributed by atoms with Crippen LogP contribution in [0.5, 0.6) is 0 Å². The number of carbonyl (C=O) groups excluding carboxylic acids is 4. The van der Waals surface area contributed by atoms with Crippen molar-refractivity contribution in [2.24, 2.45) is 0 Å². The summed E-state index contributed by atoms with van der Waals surface area (Å²) in [6, 6.07) is 11.3. The second kappa shape index (κ2) is 6.98. The zero-order valence-electron chi connectivity index (χ0n) is 16.1. The van der Waals surface area contributed by atoms with Gasteiger partial charge in [-0.3, -0.25) is 19.2 Å². The van der Waals surface area contributed by atoms with Gasteiger partial charge in [-0.05, 0) is 42.7 Å². The van der Waals surface area contributed by atoms with Gasteiger partial charge in [-0.1, -0.05) is 18.2 Å². The smallest absolute Gasteiger partial charge is 0.256 e. The van der Waals surface area contributed by atoms with Gasteiger partial charge < -0.3 is 20.9 Å². The summed E-state index contributed by atoms with van der Waals surface area (Å²) >= 11 is 0. The maximum atomic E-state index is 12.9. The van der Waals surface area contributed by atoms with Crippen molar-refractivity contribution < 1.29 is 19.2 Å². The number of nitrogens with one attached hydrogen (secondary N) is 3. The lowest BCUT2D eigenvalue weighted by Gasteiger charge is -2.20. The van der Waals surface area contributed by atoms with Gasteiger partial charge >= 0.3 is 0 Å². The average molecular weight is 404 g/mol. The molecular formula is C22H20N4O4. The molecule has 0 bridgehead atoms. The monoisotopic (exact) mass is 404 g/mol. The zero-order valence-corrected chi connectivity index (χ0v) is 16.1. The molecule has 0 spiro atoms. The third-order valence-electron chi connectivity index (χ3n) is 5.88. The second-order valence-corrected chi connectivity index (χ2v) is 7.77. The fourth-order valence-corrected chi connectivity index (χ4v) is 4.44. The lowest BCUT2D eigenvalue weighted by atomic mass is 10.0. The van der Waals surface area contributed by atoms with Gasteiger partial charge in [0, 0.05) is 17.8 Å². The molecule has 0 radical (unpaired) electrons. The Hall–Kier alpha value is -3.68. The first-order chi connectivity index (χ1) is 14.5. The molecule has 1 saturated heterocycles. The van der Waals surface area contributed by atoms with Gasteiger partial charge in [0.15, 0.2) is 0 Å². The maximum absolute atomic E-state index is 12.9. The first-order valence-corrected chi connectivity index (χ1v) is 9.97. The number of benzene rings is 2.